The summed E-state index contributed by atoms with van der Waals surface area (Å²) in [7, 11) is 0. The van der Waals surface area contributed by atoms with Gasteiger partial charge in [-0.2, -0.15) is 0 Å². The van der Waals surface area contributed by atoms with Crippen LogP contribution in [0.3, 0.4) is 0 Å². The number of aliphatic hydroxyl groups excluding tert-OH is 3. The molecule has 7 heteroatoms. The van der Waals surface area contributed by atoms with E-state index in [2.05, 4.69) is 10.3 Å². The molecule has 1 aromatic heterocycles. The first kappa shape index (κ1) is 13.0. The zero-order chi connectivity index (χ0) is 13.2. The van der Waals surface area contributed by atoms with Crippen LogP contribution in [0.5, 0.6) is 0 Å². The molecule has 2 rings (SSSR count). The van der Waals surface area contributed by atoms with E-state index in [1.54, 1.807) is 18.2 Å². The predicted molar refractivity (Wildman–Crippen MR) is 71.6 cm³/mol. The van der Waals surface area contributed by atoms with E-state index in [-0.39, 0.29) is 0 Å². The number of rotatable bonds is 5. The Balaban J connectivity index is 2.31. The van der Waals surface area contributed by atoms with Gasteiger partial charge in [-0.3, -0.25) is 0 Å². The van der Waals surface area contributed by atoms with Crippen molar-refractivity contribution in [1.82, 2.24) is 4.98 Å². The molecule has 6 N–H and O–H groups in total. The van der Waals surface area contributed by atoms with E-state index in [0.29, 0.717) is 10.8 Å². The van der Waals surface area contributed by atoms with Crippen molar-refractivity contribution in [2.24, 2.45) is 0 Å². The van der Waals surface area contributed by atoms with Crippen molar-refractivity contribution >= 4 is 32.4 Å². The Bertz CT molecular complexity index is 531. The van der Waals surface area contributed by atoms with Gasteiger partial charge < -0.3 is 26.4 Å². The Labute approximate surface area is 108 Å². The molecule has 1 heterocycles. The number of hydrogen-bond acceptors (Lipinski definition) is 7. The van der Waals surface area contributed by atoms with Gasteiger partial charge in [0.25, 0.3) is 0 Å². The molecule has 0 aliphatic rings. The molecule has 0 aliphatic carbocycles. The lowest BCUT2D eigenvalue weighted by atomic mass is 10.0. The van der Waals surface area contributed by atoms with Gasteiger partial charge in [0.15, 0.2) is 5.13 Å². The maximum atomic E-state index is 9.23. The van der Waals surface area contributed by atoms with Crippen LogP contribution in [0.1, 0.15) is 0 Å². The van der Waals surface area contributed by atoms with Crippen molar-refractivity contribution in [3.63, 3.8) is 0 Å². The number of nitrogen functional groups attached to an aromatic ring is 1. The van der Waals surface area contributed by atoms with Crippen LogP contribution in [0.15, 0.2) is 18.2 Å². The Hall–Kier alpha value is -1.41. The lowest BCUT2D eigenvalue weighted by molar-refractivity contribution is 0.0833. The highest BCUT2D eigenvalue weighted by molar-refractivity contribution is 7.22. The number of nitrogens with one attached hydrogen (secondary N) is 1. The molecule has 0 unspecified atom stereocenters. The third-order valence-corrected chi connectivity index (χ3v) is 3.63. The van der Waals surface area contributed by atoms with E-state index in [9.17, 15) is 15.3 Å². The summed E-state index contributed by atoms with van der Waals surface area (Å²) in [5, 5.41) is 31.1. The number of aliphatic hydroxyl groups is 3. The van der Waals surface area contributed by atoms with Crippen LogP contribution < -0.4 is 11.1 Å². The number of fused-ring (bicyclic) bond motifs is 1. The van der Waals surface area contributed by atoms with E-state index >= 15 is 0 Å². The van der Waals surface area contributed by atoms with E-state index < -0.39 is 25.4 Å². The molecule has 98 valence electrons. The second-order valence-corrected chi connectivity index (χ2v) is 5.16. The van der Waals surface area contributed by atoms with E-state index in [4.69, 9.17) is 5.73 Å². The monoisotopic (exact) mass is 269 g/mol. The Kier molecular flexibility index (Phi) is 3.67. The summed E-state index contributed by atoms with van der Waals surface area (Å²) in [5.74, 6) is 0. The van der Waals surface area contributed by atoms with Gasteiger partial charge in [-0.15, -0.1) is 0 Å². The lowest BCUT2D eigenvalue weighted by Gasteiger charge is -2.28. The van der Waals surface area contributed by atoms with Crippen LogP contribution in [-0.2, 0) is 0 Å². The highest BCUT2D eigenvalue weighted by Gasteiger charge is 2.28. The number of hydrogen-bond donors (Lipinski definition) is 5. The Morgan fingerprint density at radius 2 is 1.89 bits per heavy atom. The van der Waals surface area contributed by atoms with Crippen molar-refractivity contribution in [1.29, 1.82) is 0 Å². The normalized spacial score (nSPS) is 11.9. The number of nitrogens with zero attached hydrogens (tertiary/aromatic N) is 1. The molecule has 0 saturated carbocycles. The molecule has 0 fully saturated rings. The predicted octanol–water partition coefficient (Wildman–Crippen LogP) is 0.00610. The molecule has 0 spiro atoms. The quantitative estimate of drug-likeness (QED) is 0.489. The number of aromatic nitrogens is 1. The summed E-state index contributed by atoms with van der Waals surface area (Å²) in [6, 6.07) is 5.35. The topological polar surface area (TPSA) is 112 Å². The van der Waals surface area contributed by atoms with Gasteiger partial charge in [-0.05, 0) is 18.2 Å². The second kappa shape index (κ2) is 5.07. The Morgan fingerprint density at radius 3 is 2.50 bits per heavy atom. The van der Waals surface area contributed by atoms with Crippen LogP contribution in [0, 0.1) is 0 Å². The summed E-state index contributed by atoms with van der Waals surface area (Å²) in [5.41, 5.74) is 5.94. The van der Waals surface area contributed by atoms with Gasteiger partial charge in [0.2, 0.25) is 0 Å². The smallest absolute Gasteiger partial charge is 0.184 e. The van der Waals surface area contributed by atoms with Crippen molar-refractivity contribution in [3.8, 4) is 0 Å². The van der Waals surface area contributed by atoms with Crippen LogP contribution in [0.2, 0.25) is 0 Å². The van der Waals surface area contributed by atoms with Gasteiger partial charge in [0.1, 0.15) is 5.54 Å². The molecule has 0 aliphatic heterocycles. The molecule has 2 aromatic rings. The molecule has 0 atom stereocenters. The molecular weight excluding hydrogens is 254 g/mol. The number of nitrogens with two attached hydrogens (primary N) is 1. The van der Waals surface area contributed by atoms with Gasteiger partial charge in [0.05, 0.1) is 30.0 Å². The van der Waals surface area contributed by atoms with E-state index in [1.165, 1.54) is 11.3 Å². The van der Waals surface area contributed by atoms with E-state index in [1.807, 2.05) is 0 Å². The van der Waals surface area contributed by atoms with Crippen LogP contribution >= 0.6 is 11.3 Å². The minimum absolute atomic E-state index is 0.391. The highest BCUT2D eigenvalue weighted by Crippen LogP contribution is 2.29. The summed E-state index contributed by atoms with van der Waals surface area (Å²) < 4.78 is 0.903. The standard InChI is InChI=1S/C11H15N3O3S/c12-7-1-2-8-9(3-7)18-10(13-8)14-11(4-15,5-16)6-17/h1-3,15-17H,4-6,12H2,(H,13,14). The van der Waals surface area contributed by atoms with Crippen LogP contribution in [-0.4, -0.2) is 45.7 Å². The molecule has 0 radical (unpaired) electrons. The van der Waals surface area contributed by atoms with Crippen molar-refractivity contribution in [3.05, 3.63) is 18.2 Å². The molecule has 0 saturated heterocycles. The van der Waals surface area contributed by atoms with Gasteiger partial charge in [-0.1, -0.05) is 11.3 Å². The van der Waals surface area contributed by atoms with Gasteiger partial charge >= 0.3 is 0 Å². The minimum atomic E-state index is -1.17. The molecule has 0 bridgehead atoms. The Morgan fingerprint density at radius 1 is 1.22 bits per heavy atom. The van der Waals surface area contributed by atoms with Crippen molar-refractivity contribution in [2.45, 2.75) is 5.54 Å². The molecule has 1 aromatic carbocycles. The third-order valence-electron chi connectivity index (χ3n) is 2.69. The maximum absolute atomic E-state index is 9.23. The largest absolute Gasteiger partial charge is 0.399 e. The van der Waals surface area contributed by atoms with Crippen LogP contribution in [0.25, 0.3) is 10.2 Å². The maximum Gasteiger partial charge on any atom is 0.184 e. The summed E-state index contributed by atoms with van der Waals surface area (Å²) in [6.45, 7) is -1.17. The molecule has 6 nitrogen and oxygen atoms in total. The average Bonchev–Trinajstić information content (AvgIpc) is 2.77. The summed E-state index contributed by atoms with van der Waals surface area (Å²) in [6.07, 6.45) is 0. The lowest BCUT2D eigenvalue weighted by Crippen LogP contribution is -2.49. The fourth-order valence-corrected chi connectivity index (χ4v) is 2.52. The SMILES string of the molecule is Nc1ccc2nc(NC(CO)(CO)CO)sc2c1. The first-order valence-corrected chi connectivity index (χ1v) is 6.21. The molecular formula is C11H15N3O3S. The van der Waals surface area contributed by atoms with Crippen molar-refractivity contribution in [2.75, 3.05) is 30.9 Å². The summed E-state index contributed by atoms with van der Waals surface area (Å²) >= 11 is 1.35. The molecule has 0 amide bonds. The van der Waals surface area contributed by atoms with Gasteiger partial charge in [-0.25, -0.2) is 4.98 Å². The minimum Gasteiger partial charge on any atom is -0.399 e. The first-order valence-electron chi connectivity index (χ1n) is 5.39. The zero-order valence-electron chi connectivity index (χ0n) is 9.63. The number of thiazole rings is 1. The number of anilines is 2. The fourth-order valence-electron chi connectivity index (χ4n) is 1.49. The van der Waals surface area contributed by atoms with E-state index in [0.717, 1.165) is 10.2 Å². The zero-order valence-corrected chi connectivity index (χ0v) is 10.4. The fraction of sp³-hybridized carbons (Fsp3) is 0.364. The number of benzene rings is 1. The van der Waals surface area contributed by atoms with Crippen molar-refractivity contribution < 1.29 is 15.3 Å². The second-order valence-electron chi connectivity index (χ2n) is 4.13. The molecule has 18 heavy (non-hydrogen) atoms. The highest BCUT2D eigenvalue weighted by atomic mass is 32.1. The average molecular weight is 269 g/mol. The third kappa shape index (κ3) is 2.39. The van der Waals surface area contributed by atoms with Crippen LogP contribution in [0.4, 0.5) is 10.8 Å². The summed E-state index contributed by atoms with van der Waals surface area (Å²) in [4.78, 5) is 4.30. The first-order chi connectivity index (χ1) is 8.62. The van der Waals surface area contributed by atoms with Gasteiger partial charge in [0, 0.05) is 5.69 Å².